The van der Waals surface area contributed by atoms with Gasteiger partial charge in [-0.3, -0.25) is 0 Å². The summed E-state index contributed by atoms with van der Waals surface area (Å²) in [7, 11) is 0. The van der Waals surface area contributed by atoms with E-state index in [-0.39, 0.29) is 5.41 Å². The van der Waals surface area contributed by atoms with Crippen LogP contribution in [0.5, 0.6) is 0 Å². The van der Waals surface area contributed by atoms with Crippen LogP contribution in [-0.4, -0.2) is 0 Å². The molecule has 0 saturated heterocycles. The summed E-state index contributed by atoms with van der Waals surface area (Å²) in [5.74, 6) is 1.01. The van der Waals surface area contributed by atoms with Crippen LogP contribution < -0.4 is 0 Å². The summed E-state index contributed by atoms with van der Waals surface area (Å²) in [4.78, 5) is 0. The maximum Gasteiger partial charge on any atom is 0.0710 e. The van der Waals surface area contributed by atoms with Crippen molar-refractivity contribution in [2.24, 2.45) is 5.92 Å². The molecule has 59 heavy (non-hydrogen) atoms. The Balaban J connectivity index is 0.862. The van der Waals surface area contributed by atoms with Crippen molar-refractivity contribution in [3.8, 4) is 11.1 Å². The van der Waals surface area contributed by atoms with E-state index in [0.29, 0.717) is 11.8 Å². The summed E-state index contributed by atoms with van der Waals surface area (Å²) < 4.78 is 0. The van der Waals surface area contributed by atoms with Crippen LogP contribution in [0, 0.1) is 19.8 Å². The van der Waals surface area contributed by atoms with Gasteiger partial charge in [-0.1, -0.05) is 169 Å². The molecule has 0 fully saturated rings. The molecule has 7 aliphatic carbocycles. The van der Waals surface area contributed by atoms with E-state index in [1.807, 2.05) is 0 Å². The predicted octanol–water partition coefficient (Wildman–Crippen LogP) is 14.7. The van der Waals surface area contributed by atoms with E-state index >= 15 is 0 Å². The van der Waals surface area contributed by atoms with Crippen molar-refractivity contribution in [1.29, 1.82) is 0 Å². The van der Waals surface area contributed by atoms with Crippen LogP contribution in [0.1, 0.15) is 106 Å². The first-order valence-electron chi connectivity index (χ1n) is 22.2. The molecule has 5 aromatic carbocycles. The second-order valence-electron chi connectivity index (χ2n) is 18.2. The maximum atomic E-state index is 2.64. The Hall–Kier alpha value is -5.98. The van der Waals surface area contributed by atoms with E-state index in [2.05, 4.69) is 172 Å². The van der Waals surface area contributed by atoms with Gasteiger partial charge in [0.05, 0.1) is 5.41 Å². The summed E-state index contributed by atoms with van der Waals surface area (Å²) in [6.45, 7) is 4.40. The number of allylic oxidation sites excluding steroid dienone is 15. The van der Waals surface area contributed by atoms with E-state index < -0.39 is 0 Å². The van der Waals surface area contributed by atoms with Gasteiger partial charge in [0.1, 0.15) is 0 Å². The van der Waals surface area contributed by atoms with Crippen molar-refractivity contribution >= 4 is 11.1 Å². The third-order valence-corrected chi connectivity index (χ3v) is 15.0. The lowest BCUT2D eigenvalue weighted by atomic mass is 9.65. The number of aryl methyl sites for hydroxylation is 2. The van der Waals surface area contributed by atoms with Crippen molar-refractivity contribution in [3.63, 3.8) is 0 Å². The minimum absolute atomic E-state index is 0.334. The summed E-state index contributed by atoms with van der Waals surface area (Å²) in [6, 6.07) is 41.9. The molecule has 12 rings (SSSR count). The smallest absolute Gasteiger partial charge is 0.0710 e. The molecule has 2 atom stereocenters. The molecule has 0 radical (unpaired) electrons. The van der Waals surface area contributed by atoms with Crippen LogP contribution in [0.3, 0.4) is 0 Å². The molecule has 286 valence electrons. The zero-order valence-electron chi connectivity index (χ0n) is 34.3. The molecule has 0 N–H and O–H groups in total. The van der Waals surface area contributed by atoms with E-state index in [4.69, 9.17) is 0 Å². The van der Waals surface area contributed by atoms with E-state index in [1.54, 1.807) is 22.3 Å². The molecular weight excluding hydrogens is 709 g/mol. The first-order valence-corrected chi connectivity index (χ1v) is 22.2. The van der Waals surface area contributed by atoms with E-state index in [0.717, 1.165) is 44.9 Å². The van der Waals surface area contributed by atoms with Crippen molar-refractivity contribution in [1.82, 2.24) is 0 Å². The monoisotopic (exact) mass is 758 g/mol. The average Bonchev–Trinajstić information content (AvgIpc) is 3.78. The number of fused-ring (bicyclic) bond motifs is 6. The third kappa shape index (κ3) is 5.35. The van der Waals surface area contributed by atoms with Crippen LogP contribution in [0.2, 0.25) is 0 Å². The van der Waals surface area contributed by atoms with Gasteiger partial charge >= 0.3 is 0 Å². The molecule has 0 amide bonds. The number of hydrogen-bond donors (Lipinski definition) is 0. The molecule has 5 aromatic rings. The van der Waals surface area contributed by atoms with Gasteiger partial charge in [0, 0.05) is 5.92 Å². The van der Waals surface area contributed by atoms with Gasteiger partial charge in [0.25, 0.3) is 0 Å². The van der Waals surface area contributed by atoms with Crippen LogP contribution >= 0.6 is 0 Å². The third-order valence-electron chi connectivity index (χ3n) is 15.0. The normalized spacial score (nSPS) is 21.8. The molecule has 0 bridgehead atoms. The van der Waals surface area contributed by atoms with Crippen molar-refractivity contribution in [3.05, 3.63) is 247 Å². The van der Waals surface area contributed by atoms with E-state index in [1.165, 1.54) is 95.5 Å². The minimum atomic E-state index is -0.334. The van der Waals surface area contributed by atoms with Crippen molar-refractivity contribution < 1.29 is 0 Å². The molecule has 0 nitrogen and oxygen atoms in total. The Kier molecular flexibility index (Phi) is 8.03. The molecule has 7 aliphatic rings. The molecule has 0 spiro atoms. The summed E-state index contributed by atoms with van der Waals surface area (Å²) in [6.07, 6.45) is 29.0. The summed E-state index contributed by atoms with van der Waals surface area (Å²) in [5.41, 5.74) is 28.9. The topological polar surface area (TPSA) is 0 Å². The average molecular weight is 759 g/mol. The number of hydrogen-bond acceptors (Lipinski definition) is 0. The lowest BCUT2D eigenvalue weighted by molar-refractivity contribution is 0.540. The second kappa shape index (κ2) is 13.5. The van der Waals surface area contributed by atoms with Crippen molar-refractivity contribution in [2.75, 3.05) is 0 Å². The zero-order chi connectivity index (χ0) is 39.2. The largest absolute Gasteiger partial charge is 0.0767 e. The van der Waals surface area contributed by atoms with Gasteiger partial charge in [-0.2, -0.15) is 0 Å². The lowest BCUT2D eigenvalue weighted by Crippen LogP contribution is -2.30. The SMILES string of the molecule is Cc1ccc(C2(c3ccc(C)cc3)C3=C(CCC(C4=CC=C5C=C(C6=CC=CC(c7ccc8c9c7CCC=C9c7ccccc7-8)C6)CCC5C4)=C3)c3ccccc32)cc1. The first kappa shape index (κ1) is 35.0. The Morgan fingerprint density at radius 2 is 1.27 bits per heavy atom. The molecular formula is C59H50. The van der Waals surface area contributed by atoms with Gasteiger partial charge in [0.15, 0.2) is 0 Å². The molecule has 2 unspecified atom stereocenters. The fraction of sp³-hybridized carbons (Fsp3) is 0.220. The van der Waals surface area contributed by atoms with Crippen LogP contribution in [-0.2, 0) is 11.8 Å². The molecule has 0 heteroatoms. The van der Waals surface area contributed by atoms with Gasteiger partial charge in [-0.25, -0.2) is 0 Å². The fourth-order valence-corrected chi connectivity index (χ4v) is 12.1. The Morgan fingerprint density at radius 1 is 0.559 bits per heavy atom. The first-order chi connectivity index (χ1) is 29.0. The highest BCUT2D eigenvalue weighted by Gasteiger charge is 2.48. The highest BCUT2D eigenvalue weighted by molar-refractivity contribution is 6.03. The predicted molar refractivity (Wildman–Crippen MR) is 246 cm³/mol. The maximum absolute atomic E-state index is 2.64. The number of rotatable bonds is 5. The number of benzene rings is 5. The standard InChI is InChI=1S/C59H50/c1-37-17-26-46(27-18-37)59(47-28-19-38(2)20-29-47)56-16-6-5-13-51(56)52-30-25-44(36-57(52)59)43-24-23-41-33-40(21-22-42(41)34-43)39-9-7-10-45(35-39)48-31-32-55-50-12-4-3-11-49(50)54-15-8-14-53(48)58(54)55/h3-7,9-13,15-20,23-24,26-29,31-33,36,42,45H,8,14,21-22,25,30,34-35H2,1-2H3. The van der Waals surface area contributed by atoms with Crippen LogP contribution in [0.4, 0.5) is 0 Å². The molecule has 0 saturated carbocycles. The van der Waals surface area contributed by atoms with Crippen LogP contribution in [0.15, 0.2) is 191 Å². The Morgan fingerprint density at radius 3 is 2.07 bits per heavy atom. The highest BCUT2D eigenvalue weighted by Crippen LogP contribution is 2.59. The van der Waals surface area contributed by atoms with Gasteiger partial charge in [0.2, 0.25) is 0 Å². The van der Waals surface area contributed by atoms with Gasteiger partial charge < -0.3 is 0 Å². The van der Waals surface area contributed by atoms with E-state index in [9.17, 15) is 0 Å². The van der Waals surface area contributed by atoms with Crippen LogP contribution in [0.25, 0.3) is 22.3 Å². The summed E-state index contributed by atoms with van der Waals surface area (Å²) >= 11 is 0. The molecule has 0 heterocycles. The minimum Gasteiger partial charge on any atom is -0.0767 e. The van der Waals surface area contributed by atoms with Gasteiger partial charge in [-0.05, 0) is 171 Å². The highest BCUT2D eigenvalue weighted by atomic mass is 14.5. The second-order valence-corrected chi connectivity index (χ2v) is 18.2. The molecule has 0 aromatic heterocycles. The zero-order valence-corrected chi connectivity index (χ0v) is 34.3. The summed E-state index contributed by atoms with van der Waals surface area (Å²) in [5, 5.41) is 0. The Labute approximate surface area is 350 Å². The van der Waals surface area contributed by atoms with Gasteiger partial charge in [-0.15, -0.1) is 0 Å². The Bertz CT molecular complexity index is 2820. The quantitative estimate of drug-likeness (QED) is 0.164. The fourth-order valence-electron chi connectivity index (χ4n) is 12.1. The van der Waals surface area contributed by atoms with Crippen molar-refractivity contribution in [2.45, 2.75) is 76.5 Å². The lowest BCUT2D eigenvalue weighted by Gasteiger charge is -2.37. The molecule has 0 aliphatic heterocycles.